The van der Waals surface area contributed by atoms with Crippen molar-refractivity contribution in [2.75, 3.05) is 26.3 Å². The molecule has 1 unspecified atom stereocenters. The minimum absolute atomic E-state index is 0.0287. The Kier molecular flexibility index (Phi) is 5.75. The van der Waals surface area contributed by atoms with E-state index in [1.165, 1.54) is 38.5 Å². The van der Waals surface area contributed by atoms with Crippen LogP contribution in [0.25, 0.3) is 0 Å². The lowest BCUT2D eigenvalue weighted by atomic mass is 9.46. The van der Waals surface area contributed by atoms with Crippen LogP contribution in [0.15, 0.2) is 22.8 Å². The lowest BCUT2D eigenvalue weighted by molar-refractivity contribution is -0.0906. The van der Waals surface area contributed by atoms with Gasteiger partial charge in [0.05, 0.1) is 19.3 Å². The fraction of sp³-hybridized carbons (Fsp3) is 0.862. The summed E-state index contributed by atoms with van der Waals surface area (Å²) in [6, 6.07) is 0.623. The molecular weight excluding hydrogens is 394 g/mol. The minimum Gasteiger partial charge on any atom is -0.393 e. The largest absolute Gasteiger partial charge is 0.393 e. The standard InChI is InChI=1S/C29H47NO2/c1-19(20(2)30-15-17-32-18-16-30)22-8-9-23-21-7-10-25-27(3,4)26(31)12-14-29(25,6)24(21)11-13-28(22,23)5/h9,19-20,22,25-26,31H,7-8,10-18H2,1-6H3/t19-,20?,22-,25+,26+,28-,29-/m1/s1. The summed E-state index contributed by atoms with van der Waals surface area (Å²) in [7, 11) is 0. The third kappa shape index (κ3) is 3.24. The molecule has 0 radical (unpaired) electrons. The average molecular weight is 442 g/mol. The third-order valence-corrected chi connectivity index (χ3v) is 11.4. The van der Waals surface area contributed by atoms with Crippen molar-refractivity contribution in [2.45, 2.75) is 98.6 Å². The van der Waals surface area contributed by atoms with Crippen LogP contribution in [-0.4, -0.2) is 48.5 Å². The summed E-state index contributed by atoms with van der Waals surface area (Å²) >= 11 is 0. The molecule has 7 atom stereocenters. The lowest BCUT2D eigenvalue weighted by Gasteiger charge is -2.59. The Balaban J connectivity index is 1.42. The topological polar surface area (TPSA) is 32.7 Å². The fourth-order valence-electron chi connectivity index (χ4n) is 9.16. The van der Waals surface area contributed by atoms with E-state index in [4.69, 9.17) is 4.74 Å². The number of allylic oxidation sites excluding steroid dienone is 4. The molecule has 32 heavy (non-hydrogen) atoms. The van der Waals surface area contributed by atoms with Crippen LogP contribution in [0, 0.1) is 34.0 Å². The van der Waals surface area contributed by atoms with Crippen LogP contribution in [0.4, 0.5) is 0 Å². The van der Waals surface area contributed by atoms with Crippen molar-refractivity contribution in [3.8, 4) is 0 Å². The van der Waals surface area contributed by atoms with Gasteiger partial charge in [0.1, 0.15) is 0 Å². The Morgan fingerprint density at radius 2 is 1.72 bits per heavy atom. The highest BCUT2D eigenvalue weighted by molar-refractivity contribution is 5.50. The maximum atomic E-state index is 10.8. The quantitative estimate of drug-likeness (QED) is 0.584. The van der Waals surface area contributed by atoms with Gasteiger partial charge in [0.15, 0.2) is 0 Å². The lowest BCUT2D eigenvalue weighted by Crippen LogP contribution is -2.53. The van der Waals surface area contributed by atoms with Crippen molar-refractivity contribution in [1.29, 1.82) is 0 Å². The fourth-order valence-corrected chi connectivity index (χ4v) is 9.16. The summed E-state index contributed by atoms with van der Waals surface area (Å²) in [6.07, 6.45) is 11.0. The second kappa shape index (κ2) is 7.95. The third-order valence-electron chi connectivity index (χ3n) is 11.4. The summed E-state index contributed by atoms with van der Waals surface area (Å²) in [6.45, 7) is 18.8. The van der Waals surface area contributed by atoms with Gasteiger partial charge in [0.25, 0.3) is 0 Å². The highest BCUT2D eigenvalue weighted by Crippen LogP contribution is 2.66. The minimum atomic E-state index is -0.144. The zero-order valence-electron chi connectivity index (χ0n) is 21.5. The Bertz CT molecular complexity index is 806. The number of nitrogens with zero attached hydrogens (tertiary/aromatic N) is 1. The van der Waals surface area contributed by atoms with Crippen molar-refractivity contribution < 1.29 is 9.84 Å². The van der Waals surface area contributed by atoms with Crippen LogP contribution in [0.1, 0.15) is 86.5 Å². The molecule has 4 aliphatic carbocycles. The molecule has 1 heterocycles. The predicted octanol–water partition coefficient (Wildman–Crippen LogP) is 5.98. The van der Waals surface area contributed by atoms with E-state index in [1.807, 2.05) is 0 Å². The maximum Gasteiger partial charge on any atom is 0.0594 e. The molecule has 1 N–H and O–H groups in total. The first-order valence-corrected chi connectivity index (χ1v) is 13.5. The second-order valence-corrected chi connectivity index (χ2v) is 13.0. The van der Waals surface area contributed by atoms with Gasteiger partial charge >= 0.3 is 0 Å². The summed E-state index contributed by atoms with van der Waals surface area (Å²) < 4.78 is 5.62. The smallest absolute Gasteiger partial charge is 0.0594 e. The summed E-state index contributed by atoms with van der Waals surface area (Å²) in [5, 5.41) is 10.8. The highest BCUT2D eigenvalue weighted by atomic mass is 16.5. The maximum absolute atomic E-state index is 10.8. The van der Waals surface area contributed by atoms with Gasteiger partial charge in [-0.2, -0.15) is 0 Å². The number of aliphatic hydroxyl groups excluding tert-OH is 1. The summed E-state index contributed by atoms with van der Waals surface area (Å²) in [4.78, 5) is 2.67. The predicted molar refractivity (Wildman–Crippen MR) is 131 cm³/mol. The molecule has 0 amide bonds. The van der Waals surface area contributed by atoms with E-state index in [0.29, 0.717) is 23.3 Å². The first kappa shape index (κ1) is 23.1. The van der Waals surface area contributed by atoms with Crippen molar-refractivity contribution in [3.63, 3.8) is 0 Å². The van der Waals surface area contributed by atoms with Gasteiger partial charge in [-0.15, -0.1) is 0 Å². The van der Waals surface area contributed by atoms with Crippen molar-refractivity contribution in [1.82, 2.24) is 4.90 Å². The van der Waals surface area contributed by atoms with Gasteiger partial charge < -0.3 is 9.84 Å². The molecule has 3 nitrogen and oxygen atoms in total. The van der Waals surface area contributed by atoms with Gasteiger partial charge in [0, 0.05) is 19.1 Å². The molecule has 1 saturated heterocycles. The molecular formula is C29H47NO2. The molecule has 0 bridgehead atoms. The molecule has 0 aromatic carbocycles. The zero-order valence-corrected chi connectivity index (χ0v) is 21.5. The van der Waals surface area contributed by atoms with Gasteiger partial charge in [-0.25, -0.2) is 0 Å². The monoisotopic (exact) mass is 441 g/mol. The normalized spacial score (nSPS) is 43.7. The van der Waals surface area contributed by atoms with E-state index in [0.717, 1.165) is 38.6 Å². The van der Waals surface area contributed by atoms with Crippen molar-refractivity contribution in [2.24, 2.45) is 34.0 Å². The van der Waals surface area contributed by atoms with Crippen LogP contribution >= 0.6 is 0 Å². The number of fused-ring (bicyclic) bond motifs is 4. The molecule has 0 aromatic heterocycles. The summed E-state index contributed by atoms with van der Waals surface area (Å²) in [5.41, 5.74) is 5.91. The Morgan fingerprint density at radius 1 is 1.00 bits per heavy atom. The zero-order chi connectivity index (χ0) is 22.9. The number of aliphatic hydroxyl groups is 1. The van der Waals surface area contributed by atoms with E-state index in [2.05, 4.69) is 52.5 Å². The van der Waals surface area contributed by atoms with Crippen LogP contribution in [0.5, 0.6) is 0 Å². The number of ether oxygens (including phenoxy) is 1. The second-order valence-electron chi connectivity index (χ2n) is 13.0. The van der Waals surface area contributed by atoms with E-state index in [-0.39, 0.29) is 16.9 Å². The highest BCUT2D eigenvalue weighted by Gasteiger charge is 2.57. The first-order valence-electron chi connectivity index (χ1n) is 13.5. The van der Waals surface area contributed by atoms with E-state index >= 15 is 0 Å². The van der Waals surface area contributed by atoms with Crippen LogP contribution in [-0.2, 0) is 4.74 Å². The van der Waals surface area contributed by atoms with Crippen LogP contribution < -0.4 is 0 Å². The molecule has 1 aliphatic heterocycles. The molecule has 1 saturated carbocycles. The molecule has 0 aromatic rings. The number of hydrogen-bond donors (Lipinski definition) is 1. The van der Waals surface area contributed by atoms with E-state index in [9.17, 15) is 5.11 Å². The van der Waals surface area contributed by atoms with E-state index in [1.54, 1.807) is 16.7 Å². The summed E-state index contributed by atoms with van der Waals surface area (Å²) in [5.74, 6) is 2.06. The molecule has 0 spiro atoms. The Hall–Kier alpha value is -0.640. The van der Waals surface area contributed by atoms with Gasteiger partial charge in [-0.05, 0) is 97.0 Å². The number of morpholine rings is 1. The van der Waals surface area contributed by atoms with E-state index < -0.39 is 0 Å². The molecule has 5 aliphatic rings. The Labute approximate surface area is 196 Å². The average Bonchev–Trinajstić information content (AvgIpc) is 3.13. The Morgan fingerprint density at radius 3 is 2.44 bits per heavy atom. The van der Waals surface area contributed by atoms with Gasteiger partial charge in [-0.1, -0.05) is 46.3 Å². The van der Waals surface area contributed by atoms with Crippen molar-refractivity contribution in [3.05, 3.63) is 22.8 Å². The molecule has 2 fully saturated rings. The van der Waals surface area contributed by atoms with Crippen molar-refractivity contribution >= 4 is 0 Å². The molecule has 3 heteroatoms. The van der Waals surface area contributed by atoms with Gasteiger partial charge in [-0.3, -0.25) is 4.90 Å². The SMILES string of the molecule is CC([C@@H](C)[C@H]1CC=C2C3=C(CC[C@@]21C)[C@@]1(C)CC[C@H](O)C(C)(C)[C@@H]1CC3)N1CCOCC1. The van der Waals surface area contributed by atoms with Crippen LogP contribution in [0.2, 0.25) is 0 Å². The first-order chi connectivity index (χ1) is 15.1. The number of rotatable bonds is 3. The molecule has 180 valence electrons. The molecule has 5 rings (SSSR count). The van der Waals surface area contributed by atoms with Gasteiger partial charge in [0.2, 0.25) is 0 Å². The number of hydrogen-bond acceptors (Lipinski definition) is 3. The van der Waals surface area contributed by atoms with Crippen LogP contribution in [0.3, 0.4) is 0 Å².